The second kappa shape index (κ2) is 9.03. The molecule has 1 saturated carbocycles. The van der Waals surface area contributed by atoms with Crippen molar-refractivity contribution in [3.63, 3.8) is 0 Å². The zero-order valence-corrected chi connectivity index (χ0v) is 15.4. The Morgan fingerprint density at radius 3 is 2.46 bits per heavy atom. The average molecular weight is 360 g/mol. The topological polar surface area (TPSA) is 67.9 Å². The number of hydrogen-bond donors (Lipinski definition) is 1. The lowest BCUT2D eigenvalue weighted by Gasteiger charge is -2.37. The van der Waals surface area contributed by atoms with E-state index in [9.17, 15) is 9.59 Å². The van der Waals surface area contributed by atoms with E-state index in [4.69, 9.17) is 9.47 Å². The molecule has 1 amide bonds. The van der Waals surface area contributed by atoms with E-state index in [1.165, 1.54) is 19.3 Å². The van der Waals surface area contributed by atoms with Crippen molar-refractivity contribution >= 4 is 17.7 Å². The number of ether oxygens (including phenoxy) is 2. The summed E-state index contributed by atoms with van der Waals surface area (Å²) in [5, 5.41) is 2.77. The van der Waals surface area contributed by atoms with Crippen LogP contribution in [0.3, 0.4) is 0 Å². The van der Waals surface area contributed by atoms with E-state index in [2.05, 4.69) is 10.2 Å². The number of nitrogens with zero attached hydrogens (tertiary/aromatic N) is 1. The molecule has 1 aliphatic heterocycles. The lowest BCUT2D eigenvalue weighted by atomic mass is 9.91. The monoisotopic (exact) mass is 360 g/mol. The van der Waals surface area contributed by atoms with Crippen LogP contribution in [-0.2, 0) is 9.47 Å². The Hall–Kier alpha value is -2.08. The zero-order valence-electron chi connectivity index (χ0n) is 15.4. The van der Waals surface area contributed by atoms with Gasteiger partial charge in [-0.05, 0) is 76.4 Å². The molecule has 2 aliphatic rings. The van der Waals surface area contributed by atoms with Crippen LogP contribution >= 0.6 is 0 Å². The number of nitrogens with one attached hydrogen (secondary N) is 1. The molecule has 6 nitrogen and oxygen atoms in total. The van der Waals surface area contributed by atoms with Crippen LogP contribution in [0.4, 0.5) is 10.5 Å². The summed E-state index contributed by atoms with van der Waals surface area (Å²) in [6.45, 7) is 4.33. The molecular weight excluding hydrogens is 332 g/mol. The number of carbonyl (C=O) groups is 2. The lowest BCUT2D eigenvalue weighted by Crippen LogP contribution is -2.46. The zero-order chi connectivity index (χ0) is 18.4. The van der Waals surface area contributed by atoms with Gasteiger partial charge in [-0.15, -0.1) is 0 Å². The molecule has 1 aromatic carbocycles. The minimum absolute atomic E-state index is 0.0411. The third-order valence-corrected chi connectivity index (χ3v) is 5.18. The van der Waals surface area contributed by atoms with Gasteiger partial charge in [0.2, 0.25) is 0 Å². The fourth-order valence-electron chi connectivity index (χ4n) is 3.89. The van der Waals surface area contributed by atoms with Crippen LogP contribution in [0.15, 0.2) is 24.3 Å². The van der Waals surface area contributed by atoms with Gasteiger partial charge in [-0.2, -0.15) is 0 Å². The maximum Gasteiger partial charge on any atom is 0.411 e. The van der Waals surface area contributed by atoms with Crippen molar-refractivity contribution in [1.29, 1.82) is 0 Å². The number of amides is 1. The third kappa shape index (κ3) is 4.75. The predicted molar refractivity (Wildman–Crippen MR) is 99.4 cm³/mol. The van der Waals surface area contributed by atoms with Gasteiger partial charge in [0, 0.05) is 11.7 Å². The molecule has 3 rings (SSSR count). The van der Waals surface area contributed by atoms with Crippen LogP contribution in [0.1, 0.15) is 55.8 Å². The minimum atomic E-state index is -0.426. The predicted octanol–water partition coefficient (Wildman–Crippen LogP) is 3.82. The summed E-state index contributed by atoms with van der Waals surface area (Å²) in [6, 6.07) is 7.00. The van der Waals surface area contributed by atoms with Crippen LogP contribution in [0.25, 0.3) is 0 Å². The van der Waals surface area contributed by atoms with Crippen LogP contribution < -0.4 is 5.32 Å². The molecule has 1 heterocycles. The van der Waals surface area contributed by atoms with Crippen molar-refractivity contribution in [3.05, 3.63) is 29.8 Å². The second-order valence-electron chi connectivity index (χ2n) is 6.96. The first-order valence-electron chi connectivity index (χ1n) is 9.66. The molecule has 0 bridgehead atoms. The maximum absolute atomic E-state index is 12.3. The van der Waals surface area contributed by atoms with Crippen molar-refractivity contribution in [1.82, 2.24) is 4.90 Å². The Bertz CT molecular complexity index is 611. The number of esters is 1. The van der Waals surface area contributed by atoms with E-state index in [-0.39, 0.29) is 12.1 Å². The molecule has 1 aromatic rings. The Kier molecular flexibility index (Phi) is 6.50. The first-order valence-corrected chi connectivity index (χ1v) is 9.66. The summed E-state index contributed by atoms with van der Waals surface area (Å²) >= 11 is 0. The Morgan fingerprint density at radius 2 is 1.77 bits per heavy atom. The normalized spacial score (nSPS) is 23.4. The van der Waals surface area contributed by atoms with Crippen LogP contribution in [0, 0.1) is 0 Å². The number of benzene rings is 1. The molecule has 0 aromatic heterocycles. The third-order valence-electron chi connectivity index (χ3n) is 5.18. The molecule has 6 heteroatoms. The van der Waals surface area contributed by atoms with Crippen LogP contribution in [0.2, 0.25) is 0 Å². The minimum Gasteiger partial charge on any atom is -0.462 e. The number of carbonyl (C=O) groups excluding carboxylic acids is 2. The van der Waals surface area contributed by atoms with Crippen molar-refractivity contribution in [2.45, 2.75) is 57.6 Å². The summed E-state index contributed by atoms with van der Waals surface area (Å²) in [4.78, 5) is 26.5. The molecule has 26 heavy (non-hydrogen) atoms. The van der Waals surface area contributed by atoms with Crippen LogP contribution in [-0.4, -0.2) is 48.8 Å². The summed E-state index contributed by atoms with van der Waals surface area (Å²) in [5.74, 6) is -0.364. The summed E-state index contributed by atoms with van der Waals surface area (Å²) in [5.41, 5.74) is 1.07. The van der Waals surface area contributed by atoms with E-state index in [0.29, 0.717) is 23.9 Å². The first kappa shape index (κ1) is 18.7. The highest BCUT2D eigenvalue weighted by Crippen LogP contribution is 2.28. The Balaban J connectivity index is 1.54. The fraction of sp³-hybridized carbons (Fsp3) is 0.600. The van der Waals surface area contributed by atoms with E-state index in [1.54, 1.807) is 31.2 Å². The summed E-state index contributed by atoms with van der Waals surface area (Å²) < 4.78 is 10.7. The smallest absolute Gasteiger partial charge is 0.411 e. The highest BCUT2D eigenvalue weighted by Gasteiger charge is 2.34. The van der Waals surface area contributed by atoms with Gasteiger partial charge >= 0.3 is 12.1 Å². The summed E-state index contributed by atoms with van der Waals surface area (Å²) in [6.07, 6.45) is 6.35. The molecule has 1 saturated heterocycles. The van der Waals surface area contributed by atoms with E-state index >= 15 is 0 Å². The van der Waals surface area contributed by atoms with Crippen molar-refractivity contribution in [3.8, 4) is 0 Å². The molecule has 1 aliphatic carbocycles. The molecular formula is C20H28N2O4. The largest absolute Gasteiger partial charge is 0.462 e. The van der Waals surface area contributed by atoms with E-state index < -0.39 is 6.09 Å². The highest BCUT2D eigenvalue weighted by molar-refractivity contribution is 5.91. The maximum atomic E-state index is 12.3. The standard InChI is InChI=1S/C20H28N2O4/c1-2-25-19(23)15-9-11-16(12-10-15)21-20(24)26-18-8-4-3-7-17(18)22-13-5-6-14-22/h9-12,17-18H,2-8,13-14H2,1H3,(H,21,24). The number of anilines is 1. The van der Waals surface area contributed by atoms with Crippen molar-refractivity contribution < 1.29 is 19.1 Å². The molecule has 2 atom stereocenters. The van der Waals surface area contributed by atoms with E-state index in [1.807, 2.05) is 0 Å². The molecule has 1 N–H and O–H groups in total. The van der Waals surface area contributed by atoms with Gasteiger partial charge in [-0.25, -0.2) is 9.59 Å². The second-order valence-corrected chi connectivity index (χ2v) is 6.96. The number of hydrogen-bond acceptors (Lipinski definition) is 5. The fourth-order valence-corrected chi connectivity index (χ4v) is 3.89. The molecule has 0 radical (unpaired) electrons. The van der Waals surface area contributed by atoms with E-state index in [0.717, 1.165) is 32.4 Å². The Morgan fingerprint density at radius 1 is 1.08 bits per heavy atom. The van der Waals surface area contributed by atoms with Gasteiger partial charge in [-0.3, -0.25) is 10.2 Å². The first-order chi connectivity index (χ1) is 12.7. The Labute approximate surface area is 154 Å². The van der Waals surface area contributed by atoms with Gasteiger partial charge in [-0.1, -0.05) is 6.42 Å². The highest BCUT2D eigenvalue weighted by atomic mass is 16.6. The van der Waals surface area contributed by atoms with Gasteiger partial charge in [0.15, 0.2) is 0 Å². The average Bonchev–Trinajstić information content (AvgIpc) is 3.17. The quantitative estimate of drug-likeness (QED) is 0.809. The van der Waals surface area contributed by atoms with Gasteiger partial charge in [0.1, 0.15) is 6.10 Å². The van der Waals surface area contributed by atoms with Gasteiger partial charge in [0.05, 0.1) is 12.2 Å². The molecule has 0 spiro atoms. The van der Waals surface area contributed by atoms with Crippen molar-refractivity contribution in [2.24, 2.45) is 0 Å². The molecule has 142 valence electrons. The van der Waals surface area contributed by atoms with Gasteiger partial charge in [0.25, 0.3) is 0 Å². The van der Waals surface area contributed by atoms with Crippen molar-refractivity contribution in [2.75, 3.05) is 25.0 Å². The van der Waals surface area contributed by atoms with Crippen LogP contribution in [0.5, 0.6) is 0 Å². The molecule has 2 unspecified atom stereocenters. The number of rotatable bonds is 5. The number of likely N-dealkylation sites (tertiary alicyclic amines) is 1. The SMILES string of the molecule is CCOC(=O)c1ccc(NC(=O)OC2CCCCC2N2CCCC2)cc1. The lowest BCUT2D eigenvalue weighted by molar-refractivity contribution is 0.0176. The molecule has 2 fully saturated rings. The summed E-state index contributed by atoms with van der Waals surface area (Å²) in [7, 11) is 0. The van der Waals surface area contributed by atoms with Gasteiger partial charge < -0.3 is 9.47 Å².